The van der Waals surface area contributed by atoms with E-state index in [1.54, 1.807) is 0 Å². The largest absolute Gasteiger partial charge is 0.378 e. The van der Waals surface area contributed by atoms with Crippen molar-refractivity contribution in [2.45, 2.75) is 25.4 Å². The third-order valence-corrected chi connectivity index (χ3v) is 2.72. The van der Waals surface area contributed by atoms with Gasteiger partial charge in [-0.15, -0.1) is 0 Å². The normalized spacial score (nSPS) is 21.2. The molecule has 3 rings (SSSR count). The van der Waals surface area contributed by atoms with Gasteiger partial charge in [0.1, 0.15) is 0 Å². The first kappa shape index (κ1) is 8.85. The summed E-state index contributed by atoms with van der Waals surface area (Å²) in [6, 6.07) is 5.89. The average molecular weight is 203 g/mol. The number of ether oxygens (including phenoxy) is 1. The fourth-order valence-electron chi connectivity index (χ4n) is 1.97. The molecule has 15 heavy (non-hydrogen) atoms. The number of pyridine rings is 1. The molecule has 4 heteroatoms. The van der Waals surface area contributed by atoms with E-state index in [9.17, 15) is 0 Å². The highest BCUT2D eigenvalue weighted by molar-refractivity contribution is 5.36. The van der Waals surface area contributed by atoms with E-state index < -0.39 is 0 Å². The van der Waals surface area contributed by atoms with Crippen LogP contribution in [0.4, 0.5) is 0 Å². The Balaban J connectivity index is 1.84. The van der Waals surface area contributed by atoms with Gasteiger partial charge in [-0.25, -0.2) is 9.50 Å². The van der Waals surface area contributed by atoms with Crippen LogP contribution in [0.2, 0.25) is 0 Å². The van der Waals surface area contributed by atoms with Gasteiger partial charge in [-0.2, -0.15) is 5.10 Å². The second-order valence-corrected chi connectivity index (χ2v) is 3.87. The fraction of sp³-hybridized carbons (Fsp3) is 0.455. The monoisotopic (exact) mass is 203 g/mol. The first-order valence-electron chi connectivity index (χ1n) is 5.34. The van der Waals surface area contributed by atoms with Crippen molar-refractivity contribution in [1.82, 2.24) is 14.6 Å². The Morgan fingerprint density at radius 3 is 3.27 bits per heavy atom. The zero-order chi connectivity index (χ0) is 10.1. The van der Waals surface area contributed by atoms with Crippen molar-refractivity contribution >= 4 is 5.65 Å². The van der Waals surface area contributed by atoms with Gasteiger partial charge in [0, 0.05) is 19.2 Å². The zero-order valence-electron chi connectivity index (χ0n) is 8.47. The summed E-state index contributed by atoms with van der Waals surface area (Å²) < 4.78 is 7.37. The molecule has 1 saturated heterocycles. The predicted molar refractivity (Wildman–Crippen MR) is 55.7 cm³/mol. The number of hydrogen-bond donors (Lipinski definition) is 0. The highest BCUT2D eigenvalue weighted by atomic mass is 16.5. The predicted octanol–water partition coefficient (Wildman–Crippen LogP) is 1.45. The summed E-state index contributed by atoms with van der Waals surface area (Å²) in [5.74, 6) is 0.883. The number of nitrogens with zero attached hydrogens (tertiary/aromatic N) is 3. The van der Waals surface area contributed by atoms with Gasteiger partial charge in [0.05, 0.1) is 6.10 Å². The minimum Gasteiger partial charge on any atom is -0.378 e. The molecule has 0 aromatic carbocycles. The molecule has 3 heterocycles. The summed E-state index contributed by atoms with van der Waals surface area (Å²) >= 11 is 0. The average Bonchev–Trinajstić information content (AvgIpc) is 2.86. The lowest BCUT2D eigenvalue weighted by Gasteiger charge is -2.04. The number of rotatable bonds is 2. The third-order valence-electron chi connectivity index (χ3n) is 2.72. The molecule has 78 valence electrons. The molecule has 1 fully saturated rings. The van der Waals surface area contributed by atoms with Crippen LogP contribution < -0.4 is 0 Å². The minimum atomic E-state index is 0.322. The number of aromatic nitrogens is 3. The van der Waals surface area contributed by atoms with E-state index >= 15 is 0 Å². The molecule has 1 unspecified atom stereocenters. The van der Waals surface area contributed by atoms with Crippen LogP contribution in [0.1, 0.15) is 18.7 Å². The smallest absolute Gasteiger partial charge is 0.155 e. The van der Waals surface area contributed by atoms with E-state index in [0.717, 1.165) is 37.3 Å². The van der Waals surface area contributed by atoms with Gasteiger partial charge in [0.15, 0.2) is 11.5 Å². The SMILES string of the molecule is c1ccn2nc(CC3CCCO3)nc2c1. The van der Waals surface area contributed by atoms with Crippen molar-refractivity contribution in [3.05, 3.63) is 30.2 Å². The first-order valence-corrected chi connectivity index (χ1v) is 5.34. The van der Waals surface area contributed by atoms with E-state index in [1.165, 1.54) is 0 Å². The van der Waals surface area contributed by atoms with Gasteiger partial charge in [0.2, 0.25) is 0 Å². The quantitative estimate of drug-likeness (QED) is 0.741. The van der Waals surface area contributed by atoms with Crippen molar-refractivity contribution < 1.29 is 4.74 Å². The summed E-state index contributed by atoms with van der Waals surface area (Å²) in [7, 11) is 0. The summed E-state index contributed by atoms with van der Waals surface area (Å²) in [6.45, 7) is 0.887. The van der Waals surface area contributed by atoms with Crippen LogP contribution >= 0.6 is 0 Å². The standard InChI is InChI=1S/C11H13N3O/c1-2-6-14-11(5-1)12-10(13-14)8-9-4-3-7-15-9/h1-2,5-6,9H,3-4,7-8H2. The second kappa shape index (κ2) is 3.62. The Labute approximate surface area is 87.9 Å². The van der Waals surface area contributed by atoms with Gasteiger partial charge in [0.25, 0.3) is 0 Å². The van der Waals surface area contributed by atoms with Crippen molar-refractivity contribution in [2.75, 3.05) is 6.61 Å². The molecule has 1 aliphatic heterocycles. The second-order valence-electron chi connectivity index (χ2n) is 3.87. The van der Waals surface area contributed by atoms with Crippen LogP contribution in [-0.2, 0) is 11.2 Å². The third kappa shape index (κ3) is 1.72. The number of hydrogen-bond acceptors (Lipinski definition) is 3. The number of fused-ring (bicyclic) bond motifs is 1. The molecule has 1 atom stereocenters. The Morgan fingerprint density at radius 1 is 1.47 bits per heavy atom. The molecule has 0 bridgehead atoms. The molecule has 1 aliphatic rings. The molecule has 0 radical (unpaired) electrons. The van der Waals surface area contributed by atoms with Gasteiger partial charge in [-0.3, -0.25) is 0 Å². The van der Waals surface area contributed by atoms with Gasteiger partial charge in [-0.05, 0) is 25.0 Å². The molecule has 0 amide bonds. The molecule has 4 nitrogen and oxygen atoms in total. The molecule has 0 saturated carbocycles. The van der Waals surface area contributed by atoms with Crippen molar-refractivity contribution in [2.24, 2.45) is 0 Å². The highest BCUT2D eigenvalue weighted by Gasteiger charge is 2.18. The van der Waals surface area contributed by atoms with Gasteiger partial charge < -0.3 is 4.74 Å². The summed E-state index contributed by atoms with van der Waals surface area (Å²) in [6.07, 6.45) is 5.37. The Morgan fingerprint density at radius 2 is 2.47 bits per heavy atom. The van der Waals surface area contributed by atoms with Crippen molar-refractivity contribution in [1.29, 1.82) is 0 Å². The van der Waals surface area contributed by atoms with Crippen molar-refractivity contribution in [3.63, 3.8) is 0 Å². The first-order chi connectivity index (χ1) is 7.42. The van der Waals surface area contributed by atoms with Crippen LogP contribution in [0, 0.1) is 0 Å². The van der Waals surface area contributed by atoms with Crippen LogP contribution in [-0.4, -0.2) is 27.3 Å². The summed E-state index contributed by atoms with van der Waals surface area (Å²) in [5.41, 5.74) is 0.908. The minimum absolute atomic E-state index is 0.322. The topological polar surface area (TPSA) is 39.4 Å². The maximum Gasteiger partial charge on any atom is 0.155 e. The highest BCUT2D eigenvalue weighted by Crippen LogP contribution is 2.15. The zero-order valence-corrected chi connectivity index (χ0v) is 8.47. The maximum atomic E-state index is 5.56. The van der Waals surface area contributed by atoms with E-state index in [0.29, 0.717) is 6.10 Å². The summed E-state index contributed by atoms with van der Waals surface area (Å²) in [4.78, 5) is 4.45. The van der Waals surface area contributed by atoms with Crippen LogP contribution in [0.25, 0.3) is 5.65 Å². The molecular formula is C11H13N3O. The van der Waals surface area contributed by atoms with Gasteiger partial charge in [-0.1, -0.05) is 6.07 Å². The molecule has 2 aromatic heterocycles. The fourth-order valence-corrected chi connectivity index (χ4v) is 1.97. The van der Waals surface area contributed by atoms with Crippen LogP contribution in [0.3, 0.4) is 0 Å². The van der Waals surface area contributed by atoms with E-state index in [-0.39, 0.29) is 0 Å². The van der Waals surface area contributed by atoms with E-state index in [2.05, 4.69) is 10.1 Å². The lowest BCUT2D eigenvalue weighted by atomic mass is 10.2. The van der Waals surface area contributed by atoms with Crippen molar-refractivity contribution in [3.8, 4) is 0 Å². The van der Waals surface area contributed by atoms with E-state index in [1.807, 2.05) is 28.9 Å². The van der Waals surface area contributed by atoms with E-state index in [4.69, 9.17) is 4.74 Å². The molecule has 0 aliphatic carbocycles. The molecule has 2 aromatic rings. The molecule has 0 N–H and O–H groups in total. The Kier molecular flexibility index (Phi) is 2.14. The molecular weight excluding hydrogens is 190 g/mol. The lowest BCUT2D eigenvalue weighted by Crippen LogP contribution is -2.10. The maximum absolute atomic E-state index is 5.56. The van der Waals surface area contributed by atoms with Crippen LogP contribution in [0.5, 0.6) is 0 Å². The Hall–Kier alpha value is -1.42. The lowest BCUT2D eigenvalue weighted by molar-refractivity contribution is 0.110. The molecule has 0 spiro atoms. The Bertz CT molecular complexity index is 427. The summed E-state index contributed by atoms with van der Waals surface area (Å²) in [5, 5.41) is 4.40. The van der Waals surface area contributed by atoms with Gasteiger partial charge >= 0.3 is 0 Å². The van der Waals surface area contributed by atoms with Crippen LogP contribution in [0.15, 0.2) is 24.4 Å².